The monoisotopic (exact) mass is 942 g/mol. The van der Waals surface area contributed by atoms with Crippen molar-refractivity contribution in [2.45, 2.75) is 53.4 Å². The van der Waals surface area contributed by atoms with Gasteiger partial charge in [0.2, 0.25) is 0 Å². The number of hydrogen-bond acceptors (Lipinski definition) is 0. The van der Waals surface area contributed by atoms with Crippen LogP contribution in [0.2, 0.25) is 0 Å². The summed E-state index contributed by atoms with van der Waals surface area (Å²) < 4.78 is 87.9. The van der Waals surface area contributed by atoms with Gasteiger partial charge in [-0.15, -0.1) is 0 Å². The minimum atomic E-state index is -4.55. The van der Waals surface area contributed by atoms with Crippen molar-refractivity contribution in [2.75, 3.05) is 0 Å². The maximum absolute atomic E-state index is 14.1. The normalized spacial score (nSPS) is 14.5. The largest absolute Gasteiger partial charge is 1.00 e. The predicted molar refractivity (Wildman–Crippen MR) is 225 cm³/mol. The van der Waals surface area contributed by atoms with Crippen LogP contribution in [0.25, 0.3) is 33.4 Å². The van der Waals surface area contributed by atoms with Gasteiger partial charge in [-0.05, 0) is 0 Å². The minimum absolute atomic E-state index is 0. The fraction of sp³-hybridized carbons (Fsp3) is 0.212. The molecule has 0 aliphatic heterocycles. The molecule has 6 aromatic rings. The van der Waals surface area contributed by atoms with E-state index in [4.69, 9.17) is 0 Å². The standard InChI is InChI=1S/C25H17.C15H8F6.C12H19.2ClH.Zr/c1-3-7-18(8-4-1)20-11-13-24-22(15-20)17-23-16-21(12-14-25(23)24)19-9-5-2-6-10-19;16-14(17,18)12-5-1-10(2-6-12)9-11-3-7-13(8-4-11)15(19,20)21;1-9(2)10-6-7-11(8-10)12(3,4)5;;;/h1-15H,17H2;1-8H;7-10H,1-5H3;2*1H;/q;;;;;+2/p-2. The van der Waals surface area contributed by atoms with Gasteiger partial charge in [0.1, 0.15) is 0 Å². The van der Waals surface area contributed by atoms with E-state index in [1.54, 1.807) is 0 Å². The topological polar surface area (TPSA) is 0 Å². The summed E-state index contributed by atoms with van der Waals surface area (Å²) in [7, 11) is 0. The third kappa shape index (κ3) is 9.27. The fourth-order valence-corrected chi connectivity index (χ4v) is 18.0. The number of fused-ring (bicyclic) bond motifs is 3. The maximum Gasteiger partial charge on any atom is -1.00 e. The molecule has 0 saturated heterocycles. The van der Waals surface area contributed by atoms with Gasteiger partial charge >= 0.3 is 352 Å². The zero-order chi connectivity index (χ0) is 41.9. The molecular formula is C52H44Cl2F6Zr. The van der Waals surface area contributed by atoms with Crippen LogP contribution in [0, 0.1) is 17.3 Å². The SMILES string of the molecule is CC(C)C1C=C(C(C)(C)C)C=[C]1[Zr+2](=[C](c1ccc(C(F)(F)F)cc1)c1ccc(C(F)(F)F)cc1)[c]1c(-c2ccccc2)ccc2c1Cc1cc(-c3ccccc3)ccc1-2.[Cl-].[Cl-]. The second-order valence-corrected chi connectivity index (χ2v) is 22.7. The third-order valence-electron chi connectivity index (χ3n) is 11.7. The van der Waals surface area contributed by atoms with Crippen LogP contribution in [0.3, 0.4) is 0 Å². The molecule has 0 saturated carbocycles. The average molecular weight is 945 g/mol. The minimum Gasteiger partial charge on any atom is -1.00 e. The zero-order valence-corrected chi connectivity index (χ0v) is 38.3. The molecule has 0 bridgehead atoms. The van der Waals surface area contributed by atoms with Crippen LogP contribution in [-0.2, 0) is 40.0 Å². The quantitative estimate of drug-likeness (QED) is 0.141. The van der Waals surface area contributed by atoms with Crippen LogP contribution >= 0.6 is 0 Å². The summed E-state index contributed by atoms with van der Waals surface area (Å²) in [5.41, 5.74) is 9.58. The zero-order valence-electron chi connectivity index (χ0n) is 34.3. The molecule has 6 aromatic carbocycles. The number of allylic oxidation sites excluding steroid dienone is 4. The van der Waals surface area contributed by atoms with Crippen LogP contribution in [0.4, 0.5) is 26.3 Å². The van der Waals surface area contributed by atoms with Crippen LogP contribution in [0.5, 0.6) is 0 Å². The van der Waals surface area contributed by atoms with E-state index in [1.807, 2.05) is 36.4 Å². The summed E-state index contributed by atoms with van der Waals surface area (Å²) in [6, 6.07) is 42.0. The van der Waals surface area contributed by atoms with Crippen molar-refractivity contribution >= 4 is 6.48 Å². The molecule has 9 heteroatoms. The van der Waals surface area contributed by atoms with Crippen molar-refractivity contribution in [1.82, 2.24) is 0 Å². The van der Waals surface area contributed by atoms with Crippen molar-refractivity contribution in [1.29, 1.82) is 0 Å². The number of halogens is 8. The van der Waals surface area contributed by atoms with Gasteiger partial charge in [0.25, 0.3) is 0 Å². The molecule has 0 amide bonds. The van der Waals surface area contributed by atoms with Crippen LogP contribution < -0.4 is 28.1 Å². The fourth-order valence-electron chi connectivity index (χ4n) is 8.60. The Hall–Kier alpha value is -4.29. The van der Waals surface area contributed by atoms with E-state index in [0.717, 1.165) is 60.9 Å². The Bertz CT molecular complexity index is 2570. The van der Waals surface area contributed by atoms with Crippen LogP contribution in [-0.4, -0.2) is 3.21 Å². The summed E-state index contributed by atoms with van der Waals surface area (Å²) in [5, 5.41) is 0. The van der Waals surface area contributed by atoms with E-state index < -0.39 is 44.7 Å². The summed E-state index contributed by atoms with van der Waals surface area (Å²) in [4.78, 5) is 0. The smallest absolute Gasteiger partial charge is 1.00 e. The van der Waals surface area contributed by atoms with Gasteiger partial charge in [-0.2, -0.15) is 0 Å². The molecule has 0 spiro atoms. The Morgan fingerprint density at radius 1 is 0.574 bits per heavy atom. The molecule has 2 aliphatic rings. The van der Waals surface area contributed by atoms with Crippen LogP contribution in [0.15, 0.2) is 161 Å². The molecule has 61 heavy (non-hydrogen) atoms. The second kappa shape index (κ2) is 17.8. The first-order valence-corrected chi connectivity index (χ1v) is 23.6. The summed E-state index contributed by atoms with van der Waals surface area (Å²) in [6.45, 7) is 11.0. The molecule has 312 valence electrons. The van der Waals surface area contributed by atoms with Gasteiger partial charge in [0.05, 0.1) is 0 Å². The number of rotatable bonds is 7. The van der Waals surface area contributed by atoms with Crippen molar-refractivity contribution in [3.63, 3.8) is 0 Å². The molecule has 0 nitrogen and oxygen atoms in total. The second-order valence-electron chi connectivity index (χ2n) is 16.9. The average Bonchev–Trinajstić information content (AvgIpc) is 3.83. The van der Waals surface area contributed by atoms with E-state index in [9.17, 15) is 26.3 Å². The number of alkyl halides is 6. The Morgan fingerprint density at radius 2 is 1.07 bits per heavy atom. The summed E-state index contributed by atoms with van der Waals surface area (Å²) in [6.07, 6.45) is -3.75. The molecule has 0 heterocycles. The van der Waals surface area contributed by atoms with E-state index in [-0.39, 0.29) is 42.1 Å². The van der Waals surface area contributed by atoms with Crippen molar-refractivity contribution in [3.05, 3.63) is 194 Å². The first-order chi connectivity index (χ1) is 28.0. The summed E-state index contributed by atoms with van der Waals surface area (Å²) >= 11 is -3.79. The molecule has 1 atom stereocenters. The molecule has 0 radical (unpaired) electrons. The maximum atomic E-state index is 14.1. The summed E-state index contributed by atoms with van der Waals surface area (Å²) in [5.74, 6) is 0.200. The van der Waals surface area contributed by atoms with Gasteiger partial charge in [0.15, 0.2) is 0 Å². The third-order valence-corrected chi connectivity index (χ3v) is 19.5. The van der Waals surface area contributed by atoms with Gasteiger partial charge in [-0.3, -0.25) is 0 Å². The van der Waals surface area contributed by atoms with Crippen molar-refractivity contribution < 1.29 is 72.4 Å². The van der Waals surface area contributed by atoms with Crippen LogP contribution in [0.1, 0.15) is 68.0 Å². The molecule has 2 aliphatic carbocycles. The van der Waals surface area contributed by atoms with E-state index >= 15 is 0 Å². The van der Waals surface area contributed by atoms with E-state index in [0.29, 0.717) is 17.5 Å². The Balaban J connectivity index is 0.00000311. The van der Waals surface area contributed by atoms with Crippen molar-refractivity contribution in [3.8, 4) is 33.4 Å². The molecule has 0 N–H and O–H groups in total. The Morgan fingerprint density at radius 3 is 1.56 bits per heavy atom. The van der Waals surface area contributed by atoms with E-state index in [2.05, 4.69) is 101 Å². The van der Waals surface area contributed by atoms with E-state index in [1.165, 1.54) is 47.5 Å². The number of hydrogen-bond donors (Lipinski definition) is 0. The van der Waals surface area contributed by atoms with Gasteiger partial charge in [0, 0.05) is 0 Å². The molecule has 1 unspecified atom stereocenters. The molecule has 8 rings (SSSR count). The predicted octanol–water partition coefficient (Wildman–Crippen LogP) is 8.29. The molecular weight excluding hydrogens is 901 g/mol. The van der Waals surface area contributed by atoms with Gasteiger partial charge in [-0.25, -0.2) is 0 Å². The first kappa shape index (κ1) is 46.2. The molecule has 0 fully saturated rings. The van der Waals surface area contributed by atoms with Crippen molar-refractivity contribution in [2.24, 2.45) is 17.3 Å². The van der Waals surface area contributed by atoms with Gasteiger partial charge < -0.3 is 24.8 Å². The Labute approximate surface area is 374 Å². The first-order valence-electron chi connectivity index (χ1n) is 19.9. The van der Waals surface area contributed by atoms with Gasteiger partial charge in [-0.1, -0.05) is 0 Å². The Kier molecular flexibility index (Phi) is 13.5. The number of benzene rings is 6. The molecule has 0 aromatic heterocycles.